The van der Waals surface area contributed by atoms with E-state index in [4.69, 9.17) is 11.6 Å². The topological polar surface area (TPSA) is 84.8 Å². The van der Waals surface area contributed by atoms with Gasteiger partial charge < -0.3 is 25.7 Å². The number of nitrogens with one attached hydrogen (secondary N) is 2. The molecule has 204 valence electrons. The minimum Gasteiger partial charge on any atom is -0.393 e. The van der Waals surface area contributed by atoms with Gasteiger partial charge in [-0.15, -0.1) is 0 Å². The number of likely N-dealkylation sites (tertiary alicyclic amines) is 1. The van der Waals surface area contributed by atoms with Gasteiger partial charge in [0.2, 0.25) is 0 Å². The summed E-state index contributed by atoms with van der Waals surface area (Å²) in [7, 11) is 1.94. The fourth-order valence-electron chi connectivity index (χ4n) is 6.24. The van der Waals surface area contributed by atoms with E-state index >= 15 is 0 Å². The summed E-state index contributed by atoms with van der Waals surface area (Å²) in [6.45, 7) is 3.96. The fraction of sp³-hybridized carbons (Fsp3) is 0.759. The van der Waals surface area contributed by atoms with Crippen molar-refractivity contribution in [3.8, 4) is 0 Å². The lowest BCUT2D eigenvalue weighted by atomic mass is 9.74. The minimum atomic E-state index is -1.09. The molecule has 1 saturated heterocycles. The number of carbonyl (C=O) groups is 1. The summed E-state index contributed by atoms with van der Waals surface area (Å²) in [5, 5.41) is 29.3. The van der Waals surface area contributed by atoms with E-state index in [1.165, 1.54) is 32.1 Å². The highest BCUT2D eigenvalue weighted by atomic mass is 35.5. The first-order valence-electron chi connectivity index (χ1n) is 14.2. The third kappa shape index (κ3) is 8.34. The normalized spacial score (nSPS) is 22.6. The van der Waals surface area contributed by atoms with Crippen molar-refractivity contribution in [3.05, 3.63) is 34.9 Å². The number of rotatable bonds is 12. The maximum absolute atomic E-state index is 13.4. The van der Waals surface area contributed by atoms with Crippen LogP contribution in [0.3, 0.4) is 0 Å². The van der Waals surface area contributed by atoms with Crippen LogP contribution >= 0.6 is 11.6 Å². The number of likely N-dealkylation sites (N-methyl/N-ethyl adjacent to an activating group) is 1. The maximum atomic E-state index is 13.4. The molecule has 0 spiro atoms. The third-order valence-corrected chi connectivity index (χ3v) is 8.63. The zero-order valence-electron chi connectivity index (χ0n) is 22.4. The van der Waals surface area contributed by atoms with Crippen molar-refractivity contribution in [3.63, 3.8) is 0 Å². The molecule has 0 aromatic heterocycles. The molecular weight excluding hydrogens is 474 g/mol. The van der Waals surface area contributed by atoms with Crippen molar-refractivity contribution in [1.82, 2.24) is 15.5 Å². The smallest absolute Gasteiger partial charge is 0.317 e. The van der Waals surface area contributed by atoms with Crippen molar-refractivity contribution in [2.75, 3.05) is 26.7 Å². The lowest BCUT2D eigenvalue weighted by molar-refractivity contribution is -0.0572. The van der Waals surface area contributed by atoms with Crippen LogP contribution in [0.25, 0.3) is 0 Å². The number of urea groups is 1. The summed E-state index contributed by atoms with van der Waals surface area (Å²) < 4.78 is 0. The van der Waals surface area contributed by atoms with E-state index < -0.39 is 5.60 Å². The molecule has 1 aliphatic heterocycles. The molecule has 1 aromatic carbocycles. The predicted molar refractivity (Wildman–Crippen MR) is 147 cm³/mol. The van der Waals surface area contributed by atoms with Crippen molar-refractivity contribution < 1.29 is 15.0 Å². The van der Waals surface area contributed by atoms with Crippen LogP contribution in [-0.4, -0.2) is 60.0 Å². The Morgan fingerprint density at radius 3 is 2.69 bits per heavy atom. The third-order valence-electron chi connectivity index (χ3n) is 8.40. The number of hydrogen-bond acceptors (Lipinski definition) is 4. The highest BCUT2D eigenvalue weighted by Gasteiger charge is 2.41. The van der Waals surface area contributed by atoms with Crippen LogP contribution in [0, 0.1) is 11.8 Å². The second-order valence-electron chi connectivity index (χ2n) is 11.1. The number of halogens is 1. The van der Waals surface area contributed by atoms with Gasteiger partial charge in [0.05, 0.1) is 11.7 Å². The van der Waals surface area contributed by atoms with E-state index in [9.17, 15) is 15.0 Å². The first-order chi connectivity index (χ1) is 17.4. The van der Waals surface area contributed by atoms with Gasteiger partial charge in [-0.05, 0) is 75.6 Å². The first kappa shape index (κ1) is 29.2. The molecule has 4 atom stereocenters. The largest absolute Gasteiger partial charge is 0.393 e. The van der Waals surface area contributed by atoms with Crippen LogP contribution < -0.4 is 10.6 Å². The number of aliphatic hydroxyl groups is 2. The van der Waals surface area contributed by atoms with Gasteiger partial charge in [0.1, 0.15) is 0 Å². The molecule has 3 rings (SSSR count). The lowest BCUT2D eigenvalue weighted by Gasteiger charge is -2.43. The van der Waals surface area contributed by atoms with Gasteiger partial charge in [-0.3, -0.25) is 0 Å². The SMILES string of the molecule is CCC(O)CCC[C@@](O)(c1cccc(Cl)c1)[C@@H]1CCCN(C(=O)N[C@H](CNC)CC2CCCCC2)C1. The molecule has 36 heavy (non-hydrogen) atoms. The van der Waals surface area contributed by atoms with Crippen molar-refractivity contribution in [2.24, 2.45) is 11.8 Å². The standard InChI is InChI=1S/C29H48ClN3O3/c1-3-27(34)15-8-16-29(36,23-12-7-14-25(30)19-23)24-13-9-17-33(21-24)28(35)32-26(20-31-2)18-22-10-5-4-6-11-22/h7,12,14,19,22,24,26-27,31,34,36H,3-6,8-11,13,15-18,20-21H2,1-2H3,(H,32,35)/t24-,26+,27?,29-/m1/s1. The summed E-state index contributed by atoms with van der Waals surface area (Å²) in [5.41, 5.74) is -0.289. The molecule has 1 aromatic rings. The van der Waals surface area contributed by atoms with E-state index in [2.05, 4.69) is 10.6 Å². The van der Waals surface area contributed by atoms with Crippen LogP contribution in [0.4, 0.5) is 4.79 Å². The average molecular weight is 522 g/mol. The maximum Gasteiger partial charge on any atom is 0.317 e. The predicted octanol–water partition coefficient (Wildman–Crippen LogP) is 5.45. The number of piperidine rings is 1. The molecular formula is C29H48ClN3O3. The summed E-state index contributed by atoms with van der Waals surface area (Å²) in [6.07, 6.45) is 11.5. The van der Waals surface area contributed by atoms with Gasteiger partial charge in [0.15, 0.2) is 0 Å². The van der Waals surface area contributed by atoms with Crippen molar-refractivity contribution in [2.45, 2.75) is 102 Å². The van der Waals surface area contributed by atoms with Crippen molar-refractivity contribution >= 4 is 17.6 Å². The fourth-order valence-corrected chi connectivity index (χ4v) is 6.43. The average Bonchev–Trinajstić information content (AvgIpc) is 2.89. The second-order valence-corrected chi connectivity index (χ2v) is 11.6. The molecule has 1 saturated carbocycles. The quantitative estimate of drug-likeness (QED) is 0.295. The monoisotopic (exact) mass is 521 g/mol. The van der Waals surface area contributed by atoms with Crippen molar-refractivity contribution in [1.29, 1.82) is 0 Å². The molecule has 0 bridgehead atoms. The van der Waals surface area contributed by atoms with E-state index in [0.29, 0.717) is 49.7 Å². The Morgan fingerprint density at radius 1 is 1.22 bits per heavy atom. The molecule has 4 N–H and O–H groups in total. The molecule has 1 heterocycles. The van der Waals surface area contributed by atoms with Gasteiger partial charge >= 0.3 is 6.03 Å². The minimum absolute atomic E-state index is 0.0226. The van der Waals surface area contributed by atoms with Crippen LogP contribution in [-0.2, 0) is 5.60 Å². The number of carbonyl (C=O) groups excluding carboxylic acids is 1. The van der Waals surface area contributed by atoms with E-state index in [-0.39, 0.29) is 24.1 Å². The molecule has 0 radical (unpaired) electrons. The van der Waals surface area contributed by atoms with Crippen LogP contribution in [0.1, 0.15) is 89.5 Å². The molecule has 2 amide bonds. The molecule has 7 heteroatoms. The number of nitrogens with zero attached hydrogens (tertiary/aromatic N) is 1. The Bertz CT molecular complexity index is 804. The molecule has 1 aliphatic carbocycles. The highest BCUT2D eigenvalue weighted by Crippen LogP contribution is 2.40. The first-order valence-corrected chi connectivity index (χ1v) is 14.6. The molecule has 6 nitrogen and oxygen atoms in total. The van der Waals surface area contributed by atoms with Crippen LogP contribution in [0.2, 0.25) is 5.02 Å². The summed E-state index contributed by atoms with van der Waals surface area (Å²) in [6, 6.07) is 7.59. The Kier molecular flexibility index (Phi) is 11.8. The summed E-state index contributed by atoms with van der Waals surface area (Å²) in [5.74, 6) is 0.605. The molecule has 2 fully saturated rings. The number of benzene rings is 1. The molecule has 2 aliphatic rings. The van der Waals surface area contributed by atoms with Gasteiger partial charge in [-0.1, -0.05) is 62.8 Å². The lowest BCUT2D eigenvalue weighted by Crippen LogP contribution is -2.54. The Morgan fingerprint density at radius 2 is 2.00 bits per heavy atom. The summed E-state index contributed by atoms with van der Waals surface area (Å²) in [4.78, 5) is 15.3. The Balaban J connectivity index is 1.69. The second kappa shape index (κ2) is 14.6. The summed E-state index contributed by atoms with van der Waals surface area (Å²) >= 11 is 6.31. The van der Waals surface area contributed by atoms with Gasteiger partial charge in [-0.25, -0.2) is 4.79 Å². The van der Waals surface area contributed by atoms with E-state index in [1.54, 1.807) is 0 Å². The number of amides is 2. The zero-order valence-corrected chi connectivity index (χ0v) is 23.1. The molecule has 1 unspecified atom stereocenters. The number of hydrogen-bond donors (Lipinski definition) is 4. The number of aliphatic hydroxyl groups excluding tert-OH is 1. The Labute approximate surface area is 223 Å². The highest BCUT2D eigenvalue weighted by molar-refractivity contribution is 6.30. The zero-order chi connectivity index (χ0) is 26.0. The van der Waals surface area contributed by atoms with Gasteiger partial charge in [0.25, 0.3) is 0 Å². The van der Waals surface area contributed by atoms with Gasteiger partial charge in [0, 0.05) is 36.6 Å². The van der Waals surface area contributed by atoms with E-state index in [1.807, 2.05) is 43.1 Å². The van der Waals surface area contributed by atoms with E-state index in [0.717, 1.165) is 31.4 Å². The van der Waals surface area contributed by atoms with Crippen LogP contribution in [0.5, 0.6) is 0 Å². The van der Waals surface area contributed by atoms with Crippen LogP contribution in [0.15, 0.2) is 24.3 Å². The Hall–Kier alpha value is -1.34. The van der Waals surface area contributed by atoms with Gasteiger partial charge in [-0.2, -0.15) is 0 Å².